The standard InChI is InChI=1S/C14H21BrN2O/c1-16(2)10-11-17(3)9-8-14(18)12-6-4-5-7-13(12)15/h4-7H,8-11H2,1-3H3. The summed E-state index contributed by atoms with van der Waals surface area (Å²) >= 11 is 3.41. The molecule has 1 aromatic carbocycles. The van der Waals surface area contributed by atoms with Crippen LogP contribution >= 0.6 is 15.9 Å². The largest absolute Gasteiger partial charge is 0.308 e. The number of ketones is 1. The van der Waals surface area contributed by atoms with Gasteiger partial charge in [0.15, 0.2) is 5.78 Å². The van der Waals surface area contributed by atoms with Gasteiger partial charge in [-0.15, -0.1) is 0 Å². The second-order valence-corrected chi connectivity index (χ2v) is 5.61. The summed E-state index contributed by atoms with van der Waals surface area (Å²) in [4.78, 5) is 16.4. The highest BCUT2D eigenvalue weighted by Crippen LogP contribution is 2.17. The molecule has 0 aliphatic rings. The first-order valence-electron chi connectivity index (χ1n) is 6.11. The van der Waals surface area contributed by atoms with Crippen LogP contribution in [0.4, 0.5) is 0 Å². The number of Topliss-reactive ketones (excluding diaryl/α,β-unsaturated/α-hetero) is 1. The number of likely N-dealkylation sites (N-methyl/N-ethyl adjacent to an activating group) is 2. The van der Waals surface area contributed by atoms with Gasteiger partial charge in [-0.2, -0.15) is 0 Å². The van der Waals surface area contributed by atoms with Gasteiger partial charge in [-0.05, 0) is 27.2 Å². The minimum atomic E-state index is 0.194. The van der Waals surface area contributed by atoms with Crippen LogP contribution in [-0.4, -0.2) is 56.4 Å². The molecule has 0 aromatic heterocycles. The van der Waals surface area contributed by atoms with Crippen molar-refractivity contribution >= 4 is 21.7 Å². The van der Waals surface area contributed by atoms with Gasteiger partial charge in [0, 0.05) is 36.1 Å². The summed E-state index contributed by atoms with van der Waals surface area (Å²) in [5, 5.41) is 0. The Bertz CT molecular complexity index is 393. The van der Waals surface area contributed by atoms with E-state index in [1.165, 1.54) is 0 Å². The van der Waals surface area contributed by atoms with Crippen LogP contribution in [-0.2, 0) is 0 Å². The van der Waals surface area contributed by atoms with E-state index in [1.54, 1.807) is 0 Å². The van der Waals surface area contributed by atoms with Crippen molar-refractivity contribution in [2.75, 3.05) is 40.8 Å². The molecule has 0 unspecified atom stereocenters. The number of carbonyl (C=O) groups excluding carboxylic acids is 1. The molecule has 0 heterocycles. The maximum Gasteiger partial charge on any atom is 0.165 e. The summed E-state index contributed by atoms with van der Waals surface area (Å²) in [5.41, 5.74) is 0.776. The van der Waals surface area contributed by atoms with Crippen LogP contribution in [0.3, 0.4) is 0 Å². The molecule has 3 nitrogen and oxygen atoms in total. The van der Waals surface area contributed by atoms with Gasteiger partial charge in [0.2, 0.25) is 0 Å². The van der Waals surface area contributed by atoms with Gasteiger partial charge in [-0.1, -0.05) is 34.1 Å². The number of rotatable bonds is 7. The fraction of sp³-hybridized carbons (Fsp3) is 0.500. The monoisotopic (exact) mass is 312 g/mol. The molecule has 0 saturated carbocycles. The van der Waals surface area contributed by atoms with E-state index >= 15 is 0 Å². The van der Waals surface area contributed by atoms with Crippen molar-refractivity contribution in [2.45, 2.75) is 6.42 Å². The molecule has 0 atom stereocenters. The Hall–Kier alpha value is -0.710. The quantitative estimate of drug-likeness (QED) is 0.723. The van der Waals surface area contributed by atoms with Gasteiger partial charge in [0.1, 0.15) is 0 Å². The Kier molecular flexibility index (Phi) is 6.54. The van der Waals surface area contributed by atoms with Crippen LogP contribution in [0.5, 0.6) is 0 Å². The molecule has 0 bridgehead atoms. The topological polar surface area (TPSA) is 23.6 Å². The molecule has 0 N–H and O–H groups in total. The number of halogens is 1. The molecule has 18 heavy (non-hydrogen) atoms. The molecule has 0 aliphatic heterocycles. The molecule has 1 aromatic rings. The lowest BCUT2D eigenvalue weighted by molar-refractivity contribution is 0.0967. The van der Waals surface area contributed by atoms with Crippen LogP contribution < -0.4 is 0 Å². The molecule has 1 rings (SSSR count). The zero-order valence-electron chi connectivity index (χ0n) is 11.3. The van der Waals surface area contributed by atoms with E-state index in [0.29, 0.717) is 6.42 Å². The Balaban J connectivity index is 2.40. The number of hydrogen-bond acceptors (Lipinski definition) is 3. The van der Waals surface area contributed by atoms with Crippen LogP contribution in [0.1, 0.15) is 16.8 Å². The molecule has 0 amide bonds. The van der Waals surface area contributed by atoms with Crippen molar-refractivity contribution in [3.05, 3.63) is 34.3 Å². The van der Waals surface area contributed by atoms with E-state index < -0.39 is 0 Å². The average molecular weight is 313 g/mol. The molecule has 0 spiro atoms. The van der Waals surface area contributed by atoms with Crippen molar-refractivity contribution in [1.82, 2.24) is 9.80 Å². The van der Waals surface area contributed by atoms with Crippen LogP contribution in [0.2, 0.25) is 0 Å². The first-order valence-corrected chi connectivity index (χ1v) is 6.91. The van der Waals surface area contributed by atoms with Crippen molar-refractivity contribution in [1.29, 1.82) is 0 Å². The third-order valence-electron chi connectivity index (χ3n) is 2.82. The second kappa shape index (κ2) is 7.67. The highest BCUT2D eigenvalue weighted by molar-refractivity contribution is 9.10. The number of carbonyl (C=O) groups is 1. The summed E-state index contributed by atoms with van der Waals surface area (Å²) in [7, 11) is 6.16. The van der Waals surface area contributed by atoms with Gasteiger partial charge in [0.25, 0.3) is 0 Å². The van der Waals surface area contributed by atoms with Crippen LogP contribution in [0.15, 0.2) is 28.7 Å². The molecule has 0 aliphatic carbocycles. The van der Waals surface area contributed by atoms with E-state index in [2.05, 4.69) is 46.9 Å². The third kappa shape index (κ3) is 5.29. The Morgan fingerprint density at radius 1 is 1.11 bits per heavy atom. The third-order valence-corrected chi connectivity index (χ3v) is 3.52. The number of nitrogens with zero attached hydrogens (tertiary/aromatic N) is 2. The molecule has 4 heteroatoms. The lowest BCUT2D eigenvalue weighted by Gasteiger charge is -2.18. The summed E-state index contributed by atoms with van der Waals surface area (Å²) in [6.07, 6.45) is 0.562. The van der Waals surface area contributed by atoms with Crippen molar-refractivity contribution in [2.24, 2.45) is 0 Å². The summed E-state index contributed by atoms with van der Waals surface area (Å²) in [5.74, 6) is 0.194. The van der Waals surface area contributed by atoms with Crippen LogP contribution in [0.25, 0.3) is 0 Å². The molecular formula is C14H21BrN2O. The van der Waals surface area contributed by atoms with E-state index in [9.17, 15) is 4.79 Å². The fourth-order valence-electron chi connectivity index (χ4n) is 1.60. The first-order chi connectivity index (χ1) is 8.50. The Morgan fingerprint density at radius 3 is 2.39 bits per heavy atom. The van der Waals surface area contributed by atoms with Gasteiger partial charge >= 0.3 is 0 Å². The van der Waals surface area contributed by atoms with Gasteiger partial charge < -0.3 is 9.80 Å². The van der Waals surface area contributed by atoms with Gasteiger partial charge in [-0.3, -0.25) is 4.79 Å². The Labute approximate surface area is 118 Å². The van der Waals surface area contributed by atoms with Crippen molar-refractivity contribution in [3.63, 3.8) is 0 Å². The maximum absolute atomic E-state index is 12.0. The fourth-order valence-corrected chi connectivity index (χ4v) is 2.10. The highest BCUT2D eigenvalue weighted by Gasteiger charge is 2.10. The maximum atomic E-state index is 12.0. The zero-order chi connectivity index (χ0) is 13.5. The van der Waals surface area contributed by atoms with E-state index in [0.717, 1.165) is 29.7 Å². The lowest BCUT2D eigenvalue weighted by atomic mass is 10.1. The molecule has 0 radical (unpaired) electrons. The van der Waals surface area contributed by atoms with Crippen LogP contribution in [0, 0.1) is 0 Å². The van der Waals surface area contributed by atoms with Crippen molar-refractivity contribution < 1.29 is 4.79 Å². The number of hydrogen-bond donors (Lipinski definition) is 0. The minimum absolute atomic E-state index is 0.194. The smallest absolute Gasteiger partial charge is 0.165 e. The Morgan fingerprint density at radius 2 is 1.78 bits per heavy atom. The van der Waals surface area contributed by atoms with Gasteiger partial charge in [0.05, 0.1) is 0 Å². The predicted octanol–water partition coefficient (Wildman–Crippen LogP) is 2.52. The van der Waals surface area contributed by atoms with E-state index in [1.807, 2.05) is 24.3 Å². The van der Waals surface area contributed by atoms with E-state index in [-0.39, 0.29) is 5.78 Å². The summed E-state index contributed by atoms with van der Waals surface area (Å²) < 4.78 is 0.881. The molecule has 100 valence electrons. The predicted molar refractivity (Wildman–Crippen MR) is 79.1 cm³/mol. The highest BCUT2D eigenvalue weighted by atomic mass is 79.9. The average Bonchev–Trinajstić information content (AvgIpc) is 2.34. The molecule has 0 saturated heterocycles. The summed E-state index contributed by atoms with van der Waals surface area (Å²) in [6.45, 7) is 2.80. The second-order valence-electron chi connectivity index (χ2n) is 4.76. The number of benzene rings is 1. The van der Waals surface area contributed by atoms with Crippen molar-refractivity contribution in [3.8, 4) is 0 Å². The SMILES string of the molecule is CN(C)CCN(C)CCC(=O)c1ccccc1Br. The normalized spacial score (nSPS) is 11.2. The molecular weight excluding hydrogens is 292 g/mol. The van der Waals surface area contributed by atoms with Gasteiger partial charge in [-0.25, -0.2) is 0 Å². The molecule has 0 fully saturated rings. The lowest BCUT2D eigenvalue weighted by Crippen LogP contribution is -2.30. The first kappa shape index (κ1) is 15.3. The summed E-state index contributed by atoms with van der Waals surface area (Å²) in [6, 6.07) is 7.59. The minimum Gasteiger partial charge on any atom is -0.308 e. The van der Waals surface area contributed by atoms with E-state index in [4.69, 9.17) is 0 Å². The zero-order valence-corrected chi connectivity index (χ0v) is 12.9.